The Morgan fingerprint density at radius 1 is 1.21 bits per heavy atom. The Balaban J connectivity index is 0.00000300. The second kappa shape index (κ2) is 12.8. The number of aromatic nitrogens is 1. The van der Waals surface area contributed by atoms with Crippen LogP contribution in [0.3, 0.4) is 0 Å². The summed E-state index contributed by atoms with van der Waals surface area (Å²) >= 11 is 1.99. The summed E-state index contributed by atoms with van der Waals surface area (Å²) in [5.41, 5.74) is 1.15. The molecule has 2 atom stereocenters. The van der Waals surface area contributed by atoms with Crippen molar-refractivity contribution < 1.29 is 0 Å². The van der Waals surface area contributed by atoms with Crippen LogP contribution in [-0.2, 0) is 6.54 Å². The maximum atomic E-state index is 4.79. The first kappa shape index (κ1) is 24.5. The van der Waals surface area contributed by atoms with Gasteiger partial charge in [0.05, 0.1) is 6.54 Å². The van der Waals surface area contributed by atoms with Gasteiger partial charge in [-0.15, -0.1) is 24.0 Å². The number of piperazine rings is 1. The van der Waals surface area contributed by atoms with Gasteiger partial charge in [-0.05, 0) is 50.6 Å². The van der Waals surface area contributed by atoms with Gasteiger partial charge in [-0.1, -0.05) is 13.0 Å². The Kier molecular flexibility index (Phi) is 10.9. The summed E-state index contributed by atoms with van der Waals surface area (Å²) in [5, 5.41) is 7.79. The van der Waals surface area contributed by atoms with Gasteiger partial charge in [0.15, 0.2) is 5.96 Å². The molecule has 0 spiro atoms. The summed E-state index contributed by atoms with van der Waals surface area (Å²) in [5.74, 6) is 2.01. The van der Waals surface area contributed by atoms with Gasteiger partial charge in [-0.25, -0.2) is 9.98 Å². The molecule has 0 aromatic carbocycles. The van der Waals surface area contributed by atoms with E-state index in [0.717, 1.165) is 61.9 Å². The fourth-order valence-electron chi connectivity index (χ4n) is 3.96. The number of halogens is 1. The number of rotatable bonds is 7. The quantitative estimate of drug-likeness (QED) is 0.320. The molecule has 1 saturated carbocycles. The van der Waals surface area contributed by atoms with Crippen LogP contribution in [0.2, 0.25) is 0 Å². The number of aliphatic imine (C=N–C) groups is 1. The zero-order chi connectivity index (χ0) is 19.8. The lowest BCUT2D eigenvalue weighted by Gasteiger charge is -2.34. The van der Waals surface area contributed by atoms with Crippen molar-refractivity contribution in [2.75, 3.05) is 50.4 Å². The normalized spacial score (nSPS) is 23.0. The number of nitrogens with one attached hydrogen (secondary N) is 2. The molecule has 0 bridgehead atoms. The van der Waals surface area contributed by atoms with Crippen LogP contribution in [-0.4, -0.2) is 72.7 Å². The largest absolute Gasteiger partial charge is 0.357 e. The summed E-state index contributed by atoms with van der Waals surface area (Å²) in [4.78, 5) is 14.4. The summed E-state index contributed by atoms with van der Waals surface area (Å²) in [6.07, 6.45) is 7.96. The average Bonchev–Trinajstić information content (AvgIpc) is 3.20. The lowest BCUT2D eigenvalue weighted by molar-refractivity contribution is 0.270. The van der Waals surface area contributed by atoms with Gasteiger partial charge in [-0.2, -0.15) is 11.8 Å². The van der Waals surface area contributed by atoms with Crippen molar-refractivity contribution in [1.29, 1.82) is 0 Å². The molecule has 1 aliphatic heterocycles. The molecule has 8 heteroatoms. The Hall–Kier alpha value is -0.740. The van der Waals surface area contributed by atoms with Gasteiger partial charge in [0.25, 0.3) is 0 Å². The van der Waals surface area contributed by atoms with Crippen molar-refractivity contribution in [3.8, 4) is 0 Å². The van der Waals surface area contributed by atoms with Crippen molar-refractivity contribution in [2.45, 2.75) is 50.9 Å². The maximum Gasteiger partial charge on any atom is 0.191 e. The topological polar surface area (TPSA) is 55.8 Å². The van der Waals surface area contributed by atoms with E-state index in [4.69, 9.17) is 9.98 Å². The number of nitrogens with zero attached hydrogens (tertiary/aromatic N) is 4. The smallest absolute Gasteiger partial charge is 0.191 e. The minimum Gasteiger partial charge on any atom is -0.357 e. The van der Waals surface area contributed by atoms with E-state index in [0.29, 0.717) is 12.6 Å². The highest BCUT2D eigenvalue weighted by Crippen LogP contribution is 2.28. The molecule has 1 aliphatic carbocycles. The Morgan fingerprint density at radius 2 is 2.00 bits per heavy atom. The highest BCUT2D eigenvalue weighted by atomic mass is 127. The fourth-order valence-corrected chi connectivity index (χ4v) is 4.76. The third-order valence-electron chi connectivity index (χ3n) is 5.78. The predicted octanol–water partition coefficient (Wildman–Crippen LogP) is 3.18. The molecule has 2 unspecified atom stereocenters. The third-order valence-corrected chi connectivity index (χ3v) is 6.87. The molecular formula is C21H37IN6S. The molecule has 2 N–H and O–H groups in total. The van der Waals surface area contributed by atoms with Crippen LogP contribution < -0.4 is 15.5 Å². The predicted molar refractivity (Wildman–Crippen MR) is 137 cm³/mol. The molecule has 2 aliphatic rings. The van der Waals surface area contributed by atoms with E-state index in [1.807, 2.05) is 18.0 Å². The van der Waals surface area contributed by atoms with Gasteiger partial charge in [0.1, 0.15) is 5.82 Å². The second-order valence-electron chi connectivity index (χ2n) is 7.65. The van der Waals surface area contributed by atoms with Gasteiger partial charge in [0.2, 0.25) is 0 Å². The summed E-state index contributed by atoms with van der Waals surface area (Å²) in [7, 11) is 0. The van der Waals surface area contributed by atoms with Crippen LogP contribution in [0.25, 0.3) is 0 Å². The van der Waals surface area contributed by atoms with E-state index >= 15 is 0 Å². The molecule has 29 heavy (non-hydrogen) atoms. The molecule has 3 rings (SSSR count). The molecule has 2 heterocycles. The Labute approximate surface area is 197 Å². The summed E-state index contributed by atoms with van der Waals surface area (Å²) < 4.78 is 0. The monoisotopic (exact) mass is 532 g/mol. The first-order valence-electron chi connectivity index (χ1n) is 10.7. The Morgan fingerprint density at radius 3 is 2.59 bits per heavy atom. The lowest BCUT2D eigenvalue weighted by Crippen LogP contribution is -2.46. The molecule has 0 radical (unpaired) electrons. The van der Waals surface area contributed by atoms with E-state index in [1.165, 1.54) is 19.3 Å². The van der Waals surface area contributed by atoms with Crippen molar-refractivity contribution in [1.82, 2.24) is 20.5 Å². The van der Waals surface area contributed by atoms with Crippen LogP contribution in [0, 0.1) is 0 Å². The van der Waals surface area contributed by atoms with E-state index in [-0.39, 0.29) is 24.0 Å². The number of hydrogen-bond donors (Lipinski definition) is 2. The molecule has 164 valence electrons. The van der Waals surface area contributed by atoms with Gasteiger partial charge < -0.3 is 20.4 Å². The van der Waals surface area contributed by atoms with Crippen molar-refractivity contribution >= 4 is 47.5 Å². The van der Waals surface area contributed by atoms with Crippen molar-refractivity contribution in [3.63, 3.8) is 0 Å². The van der Waals surface area contributed by atoms with Crippen LogP contribution in [0.15, 0.2) is 23.3 Å². The van der Waals surface area contributed by atoms with Crippen molar-refractivity contribution in [2.24, 2.45) is 4.99 Å². The third kappa shape index (κ3) is 7.47. The molecule has 1 aromatic heterocycles. The standard InChI is InChI=1S/C21H36N6S.HI/c1-4-22-21(25-18-7-8-19(14-18)28-3)24-16-17-6-9-20(23-15-17)27-12-10-26(5-2)11-13-27;/h6,9,15,18-19H,4-5,7-8,10-14,16H2,1-3H3,(H2,22,24,25);1H. The van der Waals surface area contributed by atoms with Gasteiger partial charge in [0, 0.05) is 50.2 Å². The van der Waals surface area contributed by atoms with E-state index in [2.05, 4.69) is 52.7 Å². The van der Waals surface area contributed by atoms with Crippen LogP contribution in [0.5, 0.6) is 0 Å². The fraction of sp³-hybridized carbons (Fsp3) is 0.714. The Bertz CT molecular complexity index is 618. The minimum atomic E-state index is 0. The molecular weight excluding hydrogens is 495 g/mol. The van der Waals surface area contributed by atoms with E-state index in [9.17, 15) is 0 Å². The highest BCUT2D eigenvalue weighted by molar-refractivity contribution is 14.0. The number of guanidine groups is 1. The molecule has 6 nitrogen and oxygen atoms in total. The van der Waals surface area contributed by atoms with Crippen LogP contribution >= 0.6 is 35.7 Å². The van der Waals surface area contributed by atoms with Crippen LogP contribution in [0.1, 0.15) is 38.7 Å². The average molecular weight is 533 g/mol. The number of thioether (sulfide) groups is 1. The SMILES string of the molecule is CCNC(=NCc1ccc(N2CCN(CC)CC2)nc1)NC1CCC(SC)C1.I. The summed E-state index contributed by atoms with van der Waals surface area (Å²) in [6.45, 7) is 11.4. The molecule has 0 amide bonds. The van der Waals surface area contributed by atoms with E-state index in [1.54, 1.807) is 0 Å². The minimum absolute atomic E-state index is 0. The molecule has 2 fully saturated rings. The zero-order valence-electron chi connectivity index (χ0n) is 18.1. The number of hydrogen-bond acceptors (Lipinski definition) is 5. The zero-order valence-corrected chi connectivity index (χ0v) is 21.2. The number of pyridine rings is 1. The maximum absolute atomic E-state index is 4.79. The summed E-state index contributed by atoms with van der Waals surface area (Å²) in [6, 6.07) is 4.85. The highest BCUT2D eigenvalue weighted by Gasteiger charge is 2.24. The lowest BCUT2D eigenvalue weighted by atomic mass is 10.2. The van der Waals surface area contributed by atoms with Gasteiger partial charge >= 0.3 is 0 Å². The second-order valence-corrected chi connectivity index (χ2v) is 8.79. The number of likely N-dealkylation sites (N-methyl/N-ethyl adjacent to an activating group) is 1. The number of anilines is 1. The molecule has 1 saturated heterocycles. The van der Waals surface area contributed by atoms with Gasteiger partial charge in [-0.3, -0.25) is 0 Å². The molecule has 1 aromatic rings. The van der Waals surface area contributed by atoms with E-state index < -0.39 is 0 Å². The van der Waals surface area contributed by atoms with Crippen LogP contribution in [0.4, 0.5) is 5.82 Å². The first-order chi connectivity index (χ1) is 13.7. The van der Waals surface area contributed by atoms with Crippen molar-refractivity contribution in [3.05, 3.63) is 23.9 Å². The first-order valence-corrected chi connectivity index (χ1v) is 12.0.